The molecule has 1 fully saturated rings. The summed E-state index contributed by atoms with van der Waals surface area (Å²) in [5.74, 6) is 0.583. The van der Waals surface area contributed by atoms with Gasteiger partial charge in [0, 0.05) is 19.7 Å². The molecular weight excluding hydrogens is 306 g/mol. The lowest BCUT2D eigenvalue weighted by atomic mass is 10.2. The zero-order valence-corrected chi connectivity index (χ0v) is 10.8. The highest BCUT2D eigenvalue weighted by Crippen LogP contribution is 2.33. The van der Waals surface area contributed by atoms with Gasteiger partial charge >= 0.3 is 0 Å². The minimum atomic E-state index is -0.192. The average Bonchev–Trinajstić information content (AvgIpc) is 2.95. The van der Waals surface area contributed by atoms with Gasteiger partial charge in [-0.1, -0.05) is 0 Å². The molecule has 0 aliphatic heterocycles. The van der Waals surface area contributed by atoms with Crippen molar-refractivity contribution in [2.24, 2.45) is 5.92 Å². The lowest BCUT2D eigenvalue weighted by molar-refractivity contribution is 0.619. The second-order valence-electron chi connectivity index (χ2n) is 4.15. The van der Waals surface area contributed by atoms with E-state index in [0.29, 0.717) is 9.26 Å². The quantitative estimate of drug-likeness (QED) is 0.685. The van der Waals surface area contributed by atoms with Crippen LogP contribution in [0, 0.1) is 15.3 Å². The third kappa shape index (κ3) is 2.53. The molecule has 2 N–H and O–H groups in total. The highest BCUT2D eigenvalue weighted by molar-refractivity contribution is 14.1. The number of nitrogens with zero attached hydrogens (tertiary/aromatic N) is 1. The van der Waals surface area contributed by atoms with E-state index < -0.39 is 0 Å². The van der Waals surface area contributed by atoms with Gasteiger partial charge in [-0.05, 0) is 47.4 Å². The van der Waals surface area contributed by atoms with Crippen molar-refractivity contribution in [2.75, 3.05) is 24.2 Å². The standard InChI is InChI=1S/C11H14FIN2/c1-15(6-7-2-3-7)11-4-8(12)9(13)5-10(11)14/h4-5,7H,2-3,6,14H2,1H3. The Bertz CT molecular complexity index is 377. The topological polar surface area (TPSA) is 29.3 Å². The molecule has 1 saturated carbocycles. The Kier molecular flexibility index (Phi) is 3.04. The molecule has 2 rings (SSSR count). The molecule has 15 heavy (non-hydrogen) atoms. The lowest BCUT2D eigenvalue weighted by Gasteiger charge is -2.21. The molecule has 0 spiro atoms. The first kappa shape index (κ1) is 11.0. The molecule has 1 aliphatic rings. The van der Waals surface area contributed by atoms with Crippen molar-refractivity contribution in [3.63, 3.8) is 0 Å². The van der Waals surface area contributed by atoms with Gasteiger partial charge in [0.05, 0.1) is 14.9 Å². The summed E-state index contributed by atoms with van der Waals surface area (Å²) in [7, 11) is 1.97. The first-order chi connectivity index (χ1) is 7.08. The van der Waals surface area contributed by atoms with Crippen LogP contribution in [0.25, 0.3) is 0 Å². The van der Waals surface area contributed by atoms with Crippen molar-refractivity contribution >= 4 is 34.0 Å². The Morgan fingerprint density at radius 2 is 2.20 bits per heavy atom. The number of nitrogens with two attached hydrogens (primary N) is 1. The zero-order valence-electron chi connectivity index (χ0n) is 8.63. The Morgan fingerprint density at radius 3 is 2.80 bits per heavy atom. The fourth-order valence-electron chi connectivity index (χ4n) is 1.67. The number of hydrogen-bond donors (Lipinski definition) is 1. The minimum absolute atomic E-state index is 0.192. The van der Waals surface area contributed by atoms with Crippen LogP contribution in [0.5, 0.6) is 0 Å². The number of hydrogen-bond acceptors (Lipinski definition) is 2. The molecule has 1 aromatic carbocycles. The molecule has 0 radical (unpaired) electrons. The number of anilines is 2. The number of rotatable bonds is 3. The van der Waals surface area contributed by atoms with Crippen LogP contribution in [0.1, 0.15) is 12.8 Å². The van der Waals surface area contributed by atoms with Crippen LogP contribution in [0.4, 0.5) is 15.8 Å². The van der Waals surface area contributed by atoms with Crippen LogP contribution in [0.3, 0.4) is 0 Å². The number of nitrogen functional groups attached to an aromatic ring is 1. The van der Waals surface area contributed by atoms with Gasteiger partial charge in [-0.3, -0.25) is 0 Å². The maximum Gasteiger partial charge on any atom is 0.138 e. The van der Waals surface area contributed by atoms with E-state index in [-0.39, 0.29) is 5.82 Å². The Balaban J connectivity index is 2.21. The van der Waals surface area contributed by atoms with Gasteiger partial charge in [-0.2, -0.15) is 0 Å². The number of halogens is 2. The normalized spacial score (nSPS) is 15.4. The molecule has 0 atom stereocenters. The van der Waals surface area contributed by atoms with Gasteiger partial charge in [-0.15, -0.1) is 0 Å². The first-order valence-corrected chi connectivity index (χ1v) is 6.11. The van der Waals surface area contributed by atoms with Gasteiger partial charge in [0.25, 0.3) is 0 Å². The van der Waals surface area contributed by atoms with Crippen LogP contribution in [-0.2, 0) is 0 Å². The summed E-state index contributed by atoms with van der Waals surface area (Å²) in [6.45, 7) is 0.976. The van der Waals surface area contributed by atoms with E-state index in [1.165, 1.54) is 18.9 Å². The van der Waals surface area contributed by atoms with E-state index in [2.05, 4.69) is 0 Å². The fraction of sp³-hybridized carbons (Fsp3) is 0.455. The van der Waals surface area contributed by atoms with Crippen LogP contribution >= 0.6 is 22.6 Å². The molecule has 0 saturated heterocycles. The van der Waals surface area contributed by atoms with Crippen LogP contribution in [-0.4, -0.2) is 13.6 Å². The molecule has 0 aromatic heterocycles. The van der Waals surface area contributed by atoms with E-state index in [0.717, 1.165) is 18.2 Å². The van der Waals surface area contributed by atoms with E-state index in [1.54, 1.807) is 6.07 Å². The van der Waals surface area contributed by atoms with E-state index in [9.17, 15) is 4.39 Å². The second-order valence-corrected chi connectivity index (χ2v) is 5.31. The van der Waals surface area contributed by atoms with Crippen molar-refractivity contribution in [1.82, 2.24) is 0 Å². The lowest BCUT2D eigenvalue weighted by Crippen LogP contribution is -2.21. The zero-order chi connectivity index (χ0) is 11.0. The van der Waals surface area contributed by atoms with Gasteiger partial charge in [0.2, 0.25) is 0 Å². The third-order valence-corrected chi connectivity index (χ3v) is 3.54. The fourth-order valence-corrected chi connectivity index (χ4v) is 2.16. The Labute approximate surface area is 103 Å². The molecule has 2 nitrogen and oxygen atoms in total. The largest absolute Gasteiger partial charge is 0.397 e. The maximum absolute atomic E-state index is 13.4. The van der Waals surface area contributed by atoms with E-state index in [1.807, 2.05) is 34.5 Å². The highest BCUT2D eigenvalue weighted by atomic mass is 127. The first-order valence-electron chi connectivity index (χ1n) is 5.03. The highest BCUT2D eigenvalue weighted by Gasteiger charge is 2.23. The Morgan fingerprint density at radius 1 is 1.53 bits per heavy atom. The molecule has 4 heteroatoms. The predicted octanol–water partition coefficient (Wildman–Crippen LogP) is 2.86. The van der Waals surface area contributed by atoms with Gasteiger partial charge < -0.3 is 10.6 Å². The third-order valence-electron chi connectivity index (χ3n) is 2.71. The molecule has 1 aliphatic carbocycles. The molecule has 0 bridgehead atoms. The average molecular weight is 320 g/mol. The molecule has 82 valence electrons. The van der Waals surface area contributed by atoms with Gasteiger partial charge in [-0.25, -0.2) is 4.39 Å². The van der Waals surface area contributed by atoms with Gasteiger partial charge in [0.15, 0.2) is 0 Å². The Hall–Kier alpha value is -0.520. The number of benzene rings is 1. The second kappa shape index (κ2) is 4.15. The van der Waals surface area contributed by atoms with Crippen LogP contribution in [0.2, 0.25) is 0 Å². The summed E-state index contributed by atoms with van der Waals surface area (Å²) in [6.07, 6.45) is 2.58. The molecular formula is C11H14FIN2. The monoisotopic (exact) mass is 320 g/mol. The molecule has 0 amide bonds. The van der Waals surface area contributed by atoms with Crippen molar-refractivity contribution < 1.29 is 4.39 Å². The van der Waals surface area contributed by atoms with Crippen molar-refractivity contribution in [3.05, 3.63) is 21.5 Å². The summed E-state index contributed by atoms with van der Waals surface area (Å²) in [4.78, 5) is 2.05. The van der Waals surface area contributed by atoms with Crippen LogP contribution < -0.4 is 10.6 Å². The summed E-state index contributed by atoms with van der Waals surface area (Å²) in [5, 5.41) is 0. The van der Waals surface area contributed by atoms with Crippen LogP contribution in [0.15, 0.2) is 12.1 Å². The van der Waals surface area contributed by atoms with E-state index in [4.69, 9.17) is 5.73 Å². The predicted molar refractivity (Wildman–Crippen MR) is 69.5 cm³/mol. The van der Waals surface area contributed by atoms with Crippen molar-refractivity contribution in [2.45, 2.75) is 12.8 Å². The molecule has 0 heterocycles. The minimum Gasteiger partial charge on any atom is -0.397 e. The summed E-state index contributed by atoms with van der Waals surface area (Å²) in [5.41, 5.74) is 7.34. The SMILES string of the molecule is CN(CC1CC1)c1cc(F)c(I)cc1N. The molecule has 1 aromatic rings. The van der Waals surface area contributed by atoms with E-state index >= 15 is 0 Å². The molecule has 0 unspecified atom stereocenters. The summed E-state index contributed by atoms with van der Waals surface area (Å²) < 4.78 is 14.0. The van der Waals surface area contributed by atoms with Crippen molar-refractivity contribution in [1.29, 1.82) is 0 Å². The van der Waals surface area contributed by atoms with Crippen molar-refractivity contribution in [3.8, 4) is 0 Å². The maximum atomic E-state index is 13.4. The smallest absolute Gasteiger partial charge is 0.138 e. The summed E-state index contributed by atoms with van der Waals surface area (Å²) >= 11 is 1.95. The summed E-state index contributed by atoms with van der Waals surface area (Å²) in [6, 6.07) is 3.22. The van der Waals surface area contributed by atoms with Gasteiger partial charge in [0.1, 0.15) is 5.82 Å².